The van der Waals surface area contributed by atoms with Crippen LogP contribution >= 0.6 is 11.6 Å². The zero-order chi connectivity index (χ0) is 23.5. The van der Waals surface area contributed by atoms with E-state index in [0.717, 1.165) is 11.0 Å². The first-order valence-electron chi connectivity index (χ1n) is 9.45. The predicted molar refractivity (Wildman–Crippen MR) is 108 cm³/mol. The van der Waals surface area contributed by atoms with Crippen molar-refractivity contribution in [1.82, 2.24) is 4.90 Å². The molecule has 0 heterocycles. The van der Waals surface area contributed by atoms with Gasteiger partial charge in [0.15, 0.2) is 0 Å². The van der Waals surface area contributed by atoms with Crippen LogP contribution in [0.15, 0.2) is 18.2 Å². The molecule has 0 fully saturated rings. The Morgan fingerprint density at radius 2 is 1.57 bits per heavy atom. The number of carbonyl (C=O) groups is 2. The summed E-state index contributed by atoms with van der Waals surface area (Å²) in [5, 5.41) is -0.422. The highest BCUT2D eigenvalue weighted by Gasteiger charge is 2.35. The van der Waals surface area contributed by atoms with E-state index in [1.165, 1.54) is 19.2 Å². The van der Waals surface area contributed by atoms with E-state index in [4.69, 9.17) is 21.1 Å². The number of halogens is 4. The molecule has 1 aromatic carbocycles. The highest BCUT2D eigenvalue weighted by molar-refractivity contribution is 6.31. The summed E-state index contributed by atoms with van der Waals surface area (Å²) in [6, 6.07) is 2.43. The lowest BCUT2D eigenvalue weighted by Crippen LogP contribution is -2.47. The van der Waals surface area contributed by atoms with Gasteiger partial charge in [-0.3, -0.25) is 4.90 Å². The maximum Gasteiger partial charge on any atom is 0.417 e. The number of benzene rings is 1. The first-order valence-corrected chi connectivity index (χ1v) is 9.83. The molecule has 1 atom stereocenters. The van der Waals surface area contributed by atoms with Crippen LogP contribution in [0.3, 0.4) is 0 Å². The van der Waals surface area contributed by atoms with Gasteiger partial charge in [-0.15, -0.1) is 0 Å². The Hall–Kier alpha value is -1.96. The summed E-state index contributed by atoms with van der Waals surface area (Å²) >= 11 is 5.77. The fraction of sp³-hybridized carbons (Fsp3) is 0.619. The second-order valence-electron chi connectivity index (χ2n) is 8.99. The molecule has 30 heavy (non-hydrogen) atoms. The van der Waals surface area contributed by atoms with Crippen LogP contribution in [0.4, 0.5) is 18.0 Å². The van der Waals surface area contributed by atoms with Crippen molar-refractivity contribution in [3.8, 4) is 0 Å². The number of esters is 1. The SMILES string of the molecule is CN(C(=O)OC(C)(C)C)C(CCc1ccc(C(F)(F)F)c(Cl)c1)C(=O)OC(C)(C)C. The molecule has 170 valence electrons. The number of rotatable bonds is 5. The van der Waals surface area contributed by atoms with Gasteiger partial charge in [-0.2, -0.15) is 13.2 Å². The van der Waals surface area contributed by atoms with Crippen molar-refractivity contribution < 1.29 is 32.2 Å². The number of ether oxygens (including phenoxy) is 2. The van der Waals surface area contributed by atoms with Crippen molar-refractivity contribution in [1.29, 1.82) is 0 Å². The molecule has 0 saturated carbocycles. The Kier molecular flexibility index (Phi) is 8.22. The van der Waals surface area contributed by atoms with Gasteiger partial charge in [-0.1, -0.05) is 17.7 Å². The maximum absolute atomic E-state index is 12.9. The molecule has 0 aliphatic carbocycles. The third-order valence-electron chi connectivity index (χ3n) is 3.87. The van der Waals surface area contributed by atoms with E-state index in [1.807, 2.05) is 0 Å². The van der Waals surface area contributed by atoms with E-state index < -0.39 is 46.1 Å². The molecule has 0 N–H and O–H groups in total. The normalized spacial score (nSPS) is 13.6. The van der Waals surface area contributed by atoms with Crippen molar-refractivity contribution in [3.05, 3.63) is 34.3 Å². The fourth-order valence-electron chi connectivity index (χ4n) is 2.55. The molecule has 1 unspecified atom stereocenters. The smallest absolute Gasteiger partial charge is 0.417 e. The van der Waals surface area contributed by atoms with Crippen LogP contribution in [-0.4, -0.2) is 41.3 Å². The van der Waals surface area contributed by atoms with Crippen molar-refractivity contribution in [3.63, 3.8) is 0 Å². The van der Waals surface area contributed by atoms with Crippen LogP contribution < -0.4 is 0 Å². The maximum atomic E-state index is 12.9. The Balaban J connectivity index is 3.05. The number of likely N-dealkylation sites (N-methyl/N-ethyl adjacent to an activating group) is 1. The molecule has 0 saturated heterocycles. The standard InChI is InChI=1S/C21H29ClF3NO4/c1-19(2,3)29-17(27)16(26(7)18(28)30-20(4,5)6)11-9-13-8-10-14(15(22)12-13)21(23,24)25/h8,10,12,16H,9,11H2,1-7H3. The van der Waals surface area contributed by atoms with E-state index in [0.29, 0.717) is 5.56 Å². The topological polar surface area (TPSA) is 55.8 Å². The minimum absolute atomic E-state index is 0.117. The molecule has 5 nitrogen and oxygen atoms in total. The average Bonchev–Trinajstić information content (AvgIpc) is 2.50. The van der Waals surface area contributed by atoms with E-state index >= 15 is 0 Å². The summed E-state index contributed by atoms with van der Waals surface area (Å²) in [6.07, 6.45) is -4.93. The largest absolute Gasteiger partial charge is 0.458 e. The van der Waals surface area contributed by atoms with Crippen molar-refractivity contribution in [2.45, 2.75) is 77.8 Å². The average molecular weight is 452 g/mol. The van der Waals surface area contributed by atoms with Crippen LogP contribution in [0.2, 0.25) is 5.02 Å². The van der Waals surface area contributed by atoms with E-state index in [1.54, 1.807) is 41.5 Å². The van der Waals surface area contributed by atoms with E-state index in [-0.39, 0.29) is 12.8 Å². The Bertz CT molecular complexity index is 767. The second kappa shape index (κ2) is 9.45. The van der Waals surface area contributed by atoms with Gasteiger partial charge in [0.2, 0.25) is 0 Å². The van der Waals surface area contributed by atoms with Crippen LogP contribution in [0.5, 0.6) is 0 Å². The zero-order valence-corrected chi connectivity index (χ0v) is 19.1. The molecule has 1 amide bonds. The third-order valence-corrected chi connectivity index (χ3v) is 4.19. The monoisotopic (exact) mass is 451 g/mol. The summed E-state index contributed by atoms with van der Waals surface area (Å²) in [5.41, 5.74) is -1.96. The van der Waals surface area contributed by atoms with Gasteiger partial charge >= 0.3 is 18.2 Å². The number of carbonyl (C=O) groups excluding carboxylic acids is 2. The fourth-order valence-corrected chi connectivity index (χ4v) is 2.86. The molecule has 9 heteroatoms. The van der Waals surface area contributed by atoms with Gasteiger partial charge in [-0.25, -0.2) is 9.59 Å². The molecular weight excluding hydrogens is 423 g/mol. The summed E-state index contributed by atoms with van der Waals surface area (Å²) < 4.78 is 49.4. The summed E-state index contributed by atoms with van der Waals surface area (Å²) in [4.78, 5) is 26.3. The minimum Gasteiger partial charge on any atom is -0.458 e. The first kappa shape index (κ1) is 26.1. The number of hydrogen-bond acceptors (Lipinski definition) is 4. The van der Waals surface area contributed by atoms with E-state index in [2.05, 4.69) is 0 Å². The highest BCUT2D eigenvalue weighted by atomic mass is 35.5. The molecule has 1 rings (SSSR count). The second-order valence-corrected chi connectivity index (χ2v) is 9.40. The lowest BCUT2D eigenvalue weighted by Gasteiger charge is -2.31. The van der Waals surface area contributed by atoms with Crippen LogP contribution in [0, 0.1) is 0 Å². The predicted octanol–water partition coefficient (Wildman–Crippen LogP) is 5.87. The van der Waals surface area contributed by atoms with Gasteiger partial charge in [0.1, 0.15) is 17.2 Å². The summed E-state index contributed by atoms with van der Waals surface area (Å²) in [7, 11) is 1.42. The lowest BCUT2D eigenvalue weighted by molar-refractivity contribution is -0.161. The summed E-state index contributed by atoms with van der Waals surface area (Å²) in [5.74, 6) is -0.631. The van der Waals surface area contributed by atoms with E-state index in [9.17, 15) is 22.8 Å². The summed E-state index contributed by atoms with van der Waals surface area (Å²) in [6.45, 7) is 10.2. The molecule has 0 aromatic heterocycles. The molecule has 0 aliphatic heterocycles. The van der Waals surface area contributed by atoms with Crippen molar-refractivity contribution in [2.24, 2.45) is 0 Å². The highest BCUT2D eigenvalue weighted by Crippen LogP contribution is 2.35. The first-order chi connectivity index (χ1) is 13.4. The molecule has 0 aliphatic rings. The van der Waals surface area contributed by atoms with Crippen LogP contribution in [-0.2, 0) is 26.9 Å². The number of aryl methyl sites for hydroxylation is 1. The zero-order valence-electron chi connectivity index (χ0n) is 18.3. The van der Waals surface area contributed by atoms with Gasteiger partial charge < -0.3 is 9.47 Å². The van der Waals surface area contributed by atoms with Gasteiger partial charge in [-0.05, 0) is 72.1 Å². The van der Waals surface area contributed by atoms with Gasteiger partial charge in [0.05, 0.1) is 10.6 Å². The third kappa shape index (κ3) is 8.42. The van der Waals surface area contributed by atoms with Crippen LogP contribution in [0.1, 0.15) is 59.1 Å². The van der Waals surface area contributed by atoms with Gasteiger partial charge in [0.25, 0.3) is 0 Å². The molecule has 0 bridgehead atoms. The molecule has 0 spiro atoms. The molecule has 0 radical (unpaired) electrons. The van der Waals surface area contributed by atoms with Crippen molar-refractivity contribution >= 4 is 23.7 Å². The van der Waals surface area contributed by atoms with Gasteiger partial charge in [0, 0.05) is 7.05 Å². The van der Waals surface area contributed by atoms with Crippen molar-refractivity contribution in [2.75, 3.05) is 7.05 Å². The Morgan fingerprint density at radius 1 is 1.03 bits per heavy atom. The Morgan fingerprint density at radius 3 is 2.00 bits per heavy atom. The lowest BCUT2D eigenvalue weighted by atomic mass is 10.0. The molecular formula is C21H29ClF3NO4. The molecule has 1 aromatic rings. The number of alkyl halides is 3. The quantitative estimate of drug-likeness (QED) is 0.525. The number of hydrogen-bond donors (Lipinski definition) is 0. The van der Waals surface area contributed by atoms with Crippen LogP contribution in [0.25, 0.3) is 0 Å². The number of nitrogens with zero attached hydrogens (tertiary/aromatic N) is 1. The minimum atomic E-state index is -4.55. The Labute approximate surface area is 180 Å². The number of amides is 1.